The topological polar surface area (TPSA) is 44.1 Å². The first-order valence-corrected chi connectivity index (χ1v) is 7.89. The summed E-state index contributed by atoms with van der Waals surface area (Å²) in [6, 6.07) is 17.8. The molecule has 3 nitrogen and oxygen atoms in total. The average molecular weight is 306 g/mol. The summed E-state index contributed by atoms with van der Waals surface area (Å²) in [4.78, 5) is 14.5. The van der Waals surface area contributed by atoms with Gasteiger partial charge in [-0.15, -0.1) is 0 Å². The Labute approximate surface area is 138 Å². The van der Waals surface area contributed by atoms with Crippen LogP contribution >= 0.6 is 0 Å². The first-order chi connectivity index (χ1) is 11.1. The highest BCUT2D eigenvalue weighted by molar-refractivity contribution is 5.96. The minimum atomic E-state index is -0.671. The zero-order valence-electron chi connectivity index (χ0n) is 13.9. The Hall–Kier alpha value is -2.60. The quantitative estimate of drug-likeness (QED) is 0.837. The van der Waals surface area contributed by atoms with Crippen molar-refractivity contribution in [2.24, 2.45) is 5.92 Å². The molecule has 0 aliphatic heterocycles. The van der Waals surface area contributed by atoms with Gasteiger partial charge in [0.2, 0.25) is 5.91 Å². The lowest BCUT2D eigenvalue weighted by Gasteiger charge is -2.24. The van der Waals surface area contributed by atoms with Gasteiger partial charge in [0.25, 0.3) is 0 Å². The Bertz CT molecular complexity index is 716. The number of para-hydroxylation sites is 1. The van der Waals surface area contributed by atoms with Gasteiger partial charge < -0.3 is 4.90 Å². The molecular weight excluding hydrogens is 284 g/mol. The summed E-state index contributed by atoms with van der Waals surface area (Å²) in [5.74, 6) is -0.808. The first kappa shape index (κ1) is 16.8. The van der Waals surface area contributed by atoms with Crippen LogP contribution in [0.2, 0.25) is 0 Å². The molecule has 1 atom stereocenters. The lowest BCUT2D eigenvalue weighted by Crippen LogP contribution is -2.36. The number of hydrogen-bond donors (Lipinski definition) is 0. The molecule has 0 spiro atoms. The molecule has 2 rings (SSSR count). The van der Waals surface area contributed by atoms with Crippen molar-refractivity contribution in [2.75, 3.05) is 11.4 Å². The Balaban J connectivity index is 2.24. The zero-order valence-corrected chi connectivity index (χ0v) is 13.9. The van der Waals surface area contributed by atoms with Gasteiger partial charge in [-0.3, -0.25) is 4.79 Å². The summed E-state index contributed by atoms with van der Waals surface area (Å²) in [6.45, 7) is 6.52. The number of anilines is 1. The van der Waals surface area contributed by atoms with E-state index in [0.717, 1.165) is 22.4 Å². The predicted molar refractivity (Wildman–Crippen MR) is 93.2 cm³/mol. The molecule has 2 aromatic carbocycles. The molecule has 0 heterocycles. The maximum atomic E-state index is 12.8. The van der Waals surface area contributed by atoms with Crippen LogP contribution in [0.3, 0.4) is 0 Å². The van der Waals surface area contributed by atoms with Crippen LogP contribution in [0.25, 0.3) is 0 Å². The van der Waals surface area contributed by atoms with Crippen molar-refractivity contribution in [3.05, 3.63) is 65.2 Å². The van der Waals surface area contributed by atoms with Gasteiger partial charge >= 0.3 is 0 Å². The number of nitrogens with zero attached hydrogens (tertiary/aromatic N) is 2. The molecular formula is C20H22N2O. The molecule has 0 fully saturated rings. The molecule has 0 bridgehead atoms. The Morgan fingerprint density at radius 3 is 2.48 bits per heavy atom. The summed E-state index contributed by atoms with van der Waals surface area (Å²) in [6.07, 6.45) is 0.451. The van der Waals surface area contributed by atoms with Crippen LogP contribution in [-0.4, -0.2) is 12.5 Å². The fourth-order valence-corrected chi connectivity index (χ4v) is 2.69. The Morgan fingerprint density at radius 2 is 1.87 bits per heavy atom. The molecule has 0 saturated heterocycles. The van der Waals surface area contributed by atoms with Crippen LogP contribution in [0.4, 0.5) is 5.69 Å². The Kier molecular flexibility index (Phi) is 5.54. The van der Waals surface area contributed by atoms with E-state index in [1.165, 1.54) is 0 Å². The van der Waals surface area contributed by atoms with Gasteiger partial charge in [-0.1, -0.05) is 42.0 Å². The van der Waals surface area contributed by atoms with Gasteiger partial charge in [0.1, 0.15) is 5.92 Å². The van der Waals surface area contributed by atoms with Crippen LogP contribution < -0.4 is 4.90 Å². The maximum Gasteiger partial charge on any atom is 0.244 e. The zero-order chi connectivity index (χ0) is 16.8. The van der Waals surface area contributed by atoms with E-state index in [9.17, 15) is 10.1 Å². The number of rotatable bonds is 5. The molecule has 0 radical (unpaired) electrons. The average Bonchev–Trinajstić information content (AvgIpc) is 2.57. The SMILES string of the molecule is CCN(C(=O)C(C#N)Cc1cc(C)ccc1C)c1ccccc1. The minimum Gasteiger partial charge on any atom is -0.312 e. The molecule has 0 N–H and O–H groups in total. The van der Waals surface area contributed by atoms with Crippen molar-refractivity contribution >= 4 is 11.6 Å². The smallest absolute Gasteiger partial charge is 0.244 e. The molecule has 0 aliphatic rings. The second-order valence-electron chi connectivity index (χ2n) is 5.73. The monoisotopic (exact) mass is 306 g/mol. The third kappa shape index (κ3) is 3.98. The Morgan fingerprint density at radius 1 is 1.17 bits per heavy atom. The van der Waals surface area contributed by atoms with Gasteiger partial charge in [-0.2, -0.15) is 5.26 Å². The number of carbonyl (C=O) groups is 1. The fraction of sp³-hybridized carbons (Fsp3) is 0.300. The predicted octanol–water partition coefficient (Wildman–Crippen LogP) is 4.04. The normalized spacial score (nSPS) is 11.6. The third-order valence-electron chi connectivity index (χ3n) is 4.03. The second kappa shape index (κ2) is 7.60. The lowest BCUT2D eigenvalue weighted by atomic mass is 9.94. The van der Waals surface area contributed by atoms with E-state index in [4.69, 9.17) is 0 Å². The van der Waals surface area contributed by atoms with E-state index in [0.29, 0.717) is 13.0 Å². The number of nitriles is 1. The van der Waals surface area contributed by atoms with Gasteiger partial charge in [0, 0.05) is 12.2 Å². The van der Waals surface area contributed by atoms with Crippen LogP contribution in [-0.2, 0) is 11.2 Å². The molecule has 3 heteroatoms. The van der Waals surface area contributed by atoms with Crippen LogP contribution in [0, 0.1) is 31.1 Å². The number of aryl methyl sites for hydroxylation is 2. The standard InChI is InChI=1S/C20H22N2O/c1-4-22(19-8-6-5-7-9-19)20(23)18(14-21)13-17-12-15(2)10-11-16(17)3/h5-12,18H,4,13H2,1-3H3. The van der Waals surface area contributed by atoms with Crippen molar-refractivity contribution in [1.29, 1.82) is 5.26 Å². The van der Waals surface area contributed by atoms with E-state index >= 15 is 0 Å². The van der Waals surface area contributed by atoms with Gasteiger partial charge in [-0.05, 0) is 50.5 Å². The summed E-state index contributed by atoms with van der Waals surface area (Å²) < 4.78 is 0. The van der Waals surface area contributed by atoms with Crippen molar-refractivity contribution < 1.29 is 4.79 Å². The summed E-state index contributed by atoms with van der Waals surface area (Å²) in [5.41, 5.74) is 4.16. The molecule has 0 saturated carbocycles. The minimum absolute atomic E-state index is 0.137. The molecule has 0 aliphatic carbocycles. The van der Waals surface area contributed by atoms with E-state index in [1.807, 2.05) is 63.2 Å². The van der Waals surface area contributed by atoms with Crippen molar-refractivity contribution in [2.45, 2.75) is 27.2 Å². The highest BCUT2D eigenvalue weighted by atomic mass is 16.2. The van der Waals surface area contributed by atoms with E-state index in [1.54, 1.807) is 4.90 Å². The summed E-state index contributed by atoms with van der Waals surface area (Å²) in [7, 11) is 0. The molecule has 23 heavy (non-hydrogen) atoms. The largest absolute Gasteiger partial charge is 0.312 e. The van der Waals surface area contributed by atoms with Crippen molar-refractivity contribution in [3.8, 4) is 6.07 Å². The number of benzene rings is 2. The van der Waals surface area contributed by atoms with Gasteiger partial charge in [0.05, 0.1) is 6.07 Å². The number of carbonyl (C=O) groups excluding carboxylic acids is 1. The van der Waals surface area contributed by atoms with Crippen LogP contribution in [0.1, 0.15) is 23.6 Å². The molecule has 118 valence electrons. The summed E-state index contributed by atoms with van der Waals surface area (Å²) in [5, 5.41) is 9.51. The second-order valence-corrected chi connectivity index (χ2v) is 5.73. The van der Waals surface area contributed by atoms with Gasteiger partial charge in [0.15, 0.2) is 0 Å². The van der Waals surface area contributed by atoms with E-state index in [-0.39, 0.29) is 5.91 Å². The van der Waals surface area contributed by atoms with Gasteiger partial charge in [-0.25, -0.2) is 0 Å². The number of amides is 1. The molecule has 0 aromatic heterocycles. The molecule has 2 aromatic rings. The van der Waals surface area contributed by atoms with Crippen LogP contribution in [0.15, 0.2) is 48.5 Å². The molecule has 1 unspecified atom stereocenters. The van der Waals surface area contributed by atoms with Crippen LogP contribution in [0.5, 0.6) is 0 Å². The highest BCUT2D eigenvalue weighted by Gasteiger charge is 2.25. The number of hydrogen-bond acceptors (Lipinski definition) is 2. The van der Waals surface area contributed by atoms with Crippen molar-refractivity contribution in [1.82, 2.24) is 0 Å². The lowest BCUT2D eigenvalue weighted by molar-refractivity contribution is -0.120. The molecule has 1 amide bonds. The van der Waals surface area contributed by atoms with Crippen molar-refractivity contribution in [3.63, 3.8) is 0 Å². The first-order valence-electron chi connectivity index (χ1n) is 7.89. The fourth-order valence-electron chi connectivity index (χ4n) is 2.69. The summed E-state index contributed by atoms with van der Waals surface area (Å²) >= 11 is 0. The van der Waals surface area contributed by atoms with E-state index in [2.05, 4.69) is 12.1 Å². The van der Waals surface area contributed by atoms with E-state index < -0.39 is 5.92 Å². The maximum absolute atomic E-state index is 12.8. The third-order valence-corrected chi connectivity index (χ3v) is 4.03. The highest BCUT2D eigenvalue weighted by Crippen LogP contribution is 2.20.